The van der Waals surface area contributed by atoms with Crippen molar-refractivity contribution in [2.45, 2.75) is 13.8 Å². The van der Waals surface area contributed by atoms with Crippen LogP contribution in [-0.4, -0.2) is 34.1 Å². The summed E-state index contributed by atoms with van der Waals surface area (Å²) in [5, 5.41) is 12.3. The predicted octanol–water partition coefficient (Wildman–Crippen LogP) is 2.97. The molecule has 1 aromatic heterocycles. The SMILES string of the molecule is COc1ccc(C(=Nn2nnc(C)c2C)OC(=O)c2ccccc2)cc1. The van der Waals surface area contributed by atoms with Gasteiger partial charge in [0.15, 0.2) is 0 Å². The van der Waals surface area contributed by atoms with E-state index in [0.717, 1.165) is 11.4 Å². The maximum Gasteiger partial charge on any atom is 0.344 e. The third-order valence-electron chi connectivity index (χ3n) is 3.82. The predicted molar refractivity (Wildman–Crippen MR) is 96.3 cm³/mol. The van der Waals surface area contributed by atoms with E-state index in [4.69, 9.17) is 9.47 Å². The third-order valence-corrected chi connectivity index (χ3v) is 3.82. The van der Waals surface area contributed by atoms with E-state index in [1.165, 1.54) is 4.79 Å². The number of methoxy groups -OCH3 is 1. The molecule has 0 spiro atoms. The Balaban J connectivity index is 1.98. The molecule has 0 radical (unpaired) electrons. The topological polar surface area (TPSA) is 78.6 Å². The Kier molecular flexibility index (Phi) is 5.07. The molecule has 26 heavy (non-hydrogen) atoms. The second-order valence-electron chi connectivity index (χ2n) is 5.54. The number of aryl methyl sites for hydroxylation is 1. The highest BCUT2D eigenvalue weighted by Crippen LogP contribution is 2.14. The average molecular weight is 350 g/mol. The van der Waals surface area contributed by atoms with Gasteiger partial charge >= 0.3 is 5.97 Å². The lowest BCUT2D eigenvalue weighted by Crippen LogP contribution is -2.16. The van der Waals surface area contributed by atoms with Crippen LogP contribution in [0.3, 0.4) is 0 Å². The second-order valence-corrected chi connectivity index (χ2v) is 5.54. The van der Waals surface area contributed by atoms with Gasteiger partial charge in [-0.05, 0) is 55.5 Å². The molecular weight excluding hydrogens is 332 g/mol. The first-order valence-corrected chi connectivity index (χ1v) is 7.98. The summed E-state index contributed by atoms with van der Waals surface area (Å²) in [4.78, 5) is 13.8. The van der Waals surface area contributed by atoms with Crippen LogP contribution in [-0.2, 0) is 4.74 Å². The molecule has 1 heterocycles. The highest BCUT2D eigenvalue weighted by molar-refractivity contribution is 6.05. The number of carbonyl (C=O) groups is 1. The minimum atomic E-state index is -0.505. The fourth-order valence-corrected chi connectivity index (χ4v) is 2.17. The molecule has 0 aliphatic heterocycles. The Labute approximate surface area is 150 Å². The fraction of sp³-hybridized carbons (Fsp3) is 0.158. The van der Waals surface area contributed by atoms with Gasteiger partial charge in [-0.1, -0.05) is 18.2 Å². The van der Waals surface area contributed by atoms with Gasteiger partial charge in [-0.25, -0.2) is 4.79 Å². The summed E-state index contributed by atoms with van der Waals surface area (Å²) < 4.78 is 10.7. The van der Waals surface area contributed by atoms with Crippen molar-refractivity contribution in [3.05, 3.63) is 77.1 Å². The van der Waals surface area contributed by atoms with Crippen molar-refractivity contribution in [1.29, 1.82) is 0 Å². The normalized spacial score (nSPS) is 11.3. The Hall–Kier alpha value is -3.48. The second kappa shape index (κ2) is 7.60. The summed E-state index contributed by atoms with van der Waals surface area (Å²) in [6.45, 7) is 3.67. The van der Waals surface area contributed by atoms with Gasteiger partial charge < -0.3 is 9.47 Å². The molecule has 0 aliphatic rings. The van der Waals surface area contributed by atoms with Gasteiger partial charge in [0.1, 0.15) is 5.75 Å². The molecule has 0 unspecified atom stereocenters. The van der Waals surface area contributed by atoms with Gasteiger partial charge in [-0.15, -0.1) is 15.0 Å². The Morgan fingerprint density at radius 2 is 1.69 bits per heavy atom. The van der Waals surface area contributed by atoms with Crippen molar-refractivity contribution in [3.8, 4) is 5.75 Å². The highest BCUT2D eigenvalue weighted by Gasteiger charge is 2.15. The van der Waals surface area contributed by atoms with E-state index in [1.807, 2.05) is 19.9 Å². The van der Waals surface area contributed by atoms with Gasteiger partial charge in [0, 0.05) is 5.56 Å². The third kappa shape index (κ3) is 3.77. The van der Waals surface area contributed by atoms with Gasteiger partial charge in [0.05, 0.1) is 24.1 Å². The zero-order chi connectivity index (χ0) is 18.5. The standard InChI is InChI=1S/C19H18N4O3/c1-13-14(2)23(22-20-13)21-18(15-9-11-17(25-3)12-10-15)26-19(24)16-7-5-4-6-8-16/h4-12H,1-3H3. The molecule has 0 amide bonds. The minimum Gasteiger partial charge on any atom is -0.497 e. The molecule has 0 fully saturated rings. The zero-order valence-electron chi connectivity index (χ0n) is 14.7. The van der Waals surface area contributed by atoms with Gasteiger partial charge in [0.25, 0.3) is 0 Å². The molecule has 7 nitrogen and oxygen atoms in total. The largest absolute Gasteiger partial charge is 0.497 e. The summed E-state index contributed by atoms with van der Waals surface area (Å²) in [5.74, 6) is 0.305. The fourth-order valence-electron chi connectivity index (χ4n) is 2.17. The lowest BCUT2D eigenvalue weighted by molar-refractivity contribution is 0.0716. The Morgan fingerprint density at radius 1 is 1.00 bits per heavy atom. The van der Waals surface area contributed by atoms with Gasteiger partial charge in [-0.2, -0.15) is 0 Å². The lowest BCUT2D eigenvalue weighted by atomic mass is 10.2. The first-order valence-electron chi connectivity index (χ1n) is 7.98. The number of rotatable bonds is 4. The van der Waals surface area contributed by atoms with E-state index < -0.39 is 5.97 Å². The van der Waals surface area contributed by atoms with Gasteiger partial charge in [-0.3, -0.25) is 0 Å². The zero-order valence-corrected chi connectivity index (χ0v) is 14.7. The number of benzene rings is 2. The number of hydrogen-bond donors (Lipinski definition) is 0. The van der Waals surface area contributed by atoms with Crippen LogP contribution in [0.25, 0.3) is 0 Å². The maximum atomic E-state index is 12.5. The molecule has 7 heteroatoms. The molecule has 2 aromatic carbocycles. The van der Waals surface area contributed by atoms with Crippen LogP contribution in [0.5, 0.6) is 5.75 Å². The van der Waals surface area contributed by atoms with Crippen molar-refractivity contribution in [1.82, 2.24) is 15.1 Å². The number of hydrogen-bond acceptors (Lipinski definition) is 6. The van der Waals surface area contributed by atoms with Crippen LogP contribution in [0.15, 0.2) is 59.7 Å². The molecule has 132 valence electrons. The van der Waals surface area contributed by atoms with Crippen molar-refractivity contribution in [3.63, 3.8) is 0 Å². The van der Waals surface area contributed by atoms with E-state index in [1.54, 1.807) is 55.6 Å². The smallest absolute Gasteiger partial charge is 0.344 e. The average Bonchev–Trinajstić information content (AvgIpc) is 3.00. The molecule has 3 aromatic rings. The van der Waals surface area contributed by atoms with Crippen molar-refractivity contribution >= 4 is 11.9 Å². The van der Waals surface area contributed by atoms with Crippen molar-refractivity contribution in [2.24, 2.45) is 5.10 Å². The molecule has 0 atom stereocenters. The molecule has 0 bridgehead atoms. The van der Waals surface area contributed by atoms with Crippen molar-refractivity contribution < 1.29 is 14.3 Å². The first-order chi connectivity index (χ1) is 12.6. The van der Waals surface area contributed by atoms with Crippen LogP contribution in [0.2, 0.25) is 0 Å². The van der Waals surface area contributed by atoms with E-state index in [0.29, 0.717) is 16.9 Å². The minimum absolute atomic E-state index is 0.120. The molecule has 3 rings (SSSR count). The van der Waals surface area contributed by atoms with Crippen molar-refractivity contribution in [2.75, 3.05) is 7.11 Å². The Morgan fingerprint density at radius 3 is 2.27 bits per heavy atom. The summed E-state index contributed by atoms with van der Waals surface area (Å²) in [5.41, 5.74) is 2.55. The highest BCUT2D eigenvalue weighted by atomic mass is 16.5. The summed E-state index contributed by atoms with van der Waals surface area (Å²) in [6, 6.07) is 15.8. The van der Waals surface area contributed by atoms with Crippen LogP contribution in [0.4, 0.5) is 0 Å². The van der Waals surface area contributed by atoms with E-state index in [2.05, 4.69) is 15.4 Å². The maximum absolute atomic E-state index is 12.5. The number of ether oxygens (including phenoxy) is 2. The first kappa shape index (κ1) is 17.3. The number of carbonyl (C=O) groups excluding carboxylic acids is 1. The molecule has 0 saturated carbocycles. The quantitative estimate of drug-likeness (QED) is 0.411. The summed E-state index contributed by atoms with van der Waals surface area (Å²) in [7, 11) is 1.58. The van der Waals surface area contributed by atoms with Crippen LogP contribution < -0.4 is 4.74 Å². The summed E-state index contributed by atoms with van der Waals surface area (Å²) >= 11 is 0. The van der Waals surface area contributed by atoms with Crippen LogP contribution >= 0.6 is 0 Å². The van der Waals surface area contributed by atoms with Crippen LogP contribution in [0, 0.1) is 13.8 Å². The van der Waals surface area contributed by atoms with E-state index >= 15 is 0 Å². The van der Waals surface area contributed by atoms with E-state index in [-0.39, 0.29) is 5.90 Å². The Bertz CT molecular complexity index is 931. The van der Waals surface area contributed by atoms with E-state index in [9.17, 15) is 4.79 Å². The summed E-state index contributed by atoms with van der Waals surface area (Å²) in [6.07, 6.45) is 0. The molecular formula is C19H18N4O3. The number of aromatic nitrogens is 3. The van der Waals surface area contributed by atoms with Gasteiger partial charge in [0.2, 0.25) is 5.90 Å². The monoisotopic (exact) mass is 350 g/mol. The molecule has 0 aliphatic carbocycles. The molecule has 0 N–H and O–H groups in total. The lowest BCUT2D eigenvalue weighted by Gasteiger charge is -2.09. The number of esters is 1. The molecule has 0 saturated heterocycles. The van der Waals surface area contributed by atoms with Crippen LogP contribution in [0.1, 0.15) is 27.3 Å². The number of nitrogens with zero attached hydrogens (tertiary/aromatic N) is 4.